The third kappa shape index (κ3) is 3.87. The highest BCUT2D eigenvalue weighted by molar-refractivity contribution is 6.00. The highest BCUT2D eigenvalue weighted by Crippen LogP contribution is 2.38. The fourth-order valence-corrected chi connectivity index (χ4v) is 3.97. The smallest absolute Gasteiger partial charge is 0.326 e. The third-order valence-corrected chi connectivity index (χ3v) is 5.74. The number of aryl methyl sites for hydroxylation is 1. The van der Waals surface area contributed by atoms with Gasteiger partial charge in [-0.1, -0.05) is 6.07 Å². The molecule has 1 aliphatic carbocycles. The van der Waals surface area contributed by atoms with Gasteiger partial charge in [0.2, 0.25) is 0 Å². The van der Waals surface area contributed by atoms with Crippen molar-refractivity contribution in [2.75, 3.05) is 37.4 Å². The summed E-state index contributed by atoms with van der Waals surface area (Å²) in [5.41, 5.74) is 0.933. The van der Waals surface area contributed by atoms with Crippen LogP contribution in [0.3, 0.4) is 0 Å². The SMILES string of the molecule is [2H]C([2H])([2H])NC(=O)c1nnc(N2CCN(C3CC3)C2=O)cc1Nc1cccc(-c2ncn(C)n2)c1OC. The predicted molar refractivity (Wildman–Crippen MR) is 124 cm³/mol. The van der Waals surface area contributed by atoms with Crippen molar-refractivity contribution in [3.63, 3.8) is 0 Å². The largest absolute Gasteiger partial charge is 0.494 e. The van der Waals surface area contributed by atoms with E-state index in [4.69, 9.17) is 8.85 Å². The molecule has 0 radical (unpaired) electrons. The summed E-state index contributed by atoms with van der Waals surface area (Å²) in [5, 5.41) is 17.5. The van der Waals surface area contributed by atoms with Crippen molar-refractivity contribution in [2.24, 2.45) is 7.05 Å². The Morgan fingerprint density at radius 2 is 2.09 bits per heavy atom. The number of anilines is 3. The molecule has 2 aliphatic rings. The van der Waals surface area contributed by atoms with Gasteiger partial charge in [-0.2, -0.15) is 5.10 Å². The van der Waals surface area contributed by atoms with Crippen molar-refractivity contribution in [2.45, 2.75) is 18.9 Å². The second-order valence-electron chi connectivity index (χ2n) is 8.03. The Bertz CT molecular complexity index is 1360. The molecular weight excluding hydrogens is 438 g/mol. The average molecular weight is 467 g/mol. The van der Waals surface area contributed by atoms with Crippen molar-refractivity contribution >= 4 is 29.1 Å². The number of carbonyl (C=O) groups is 2. The van der Waals surface area contributed by atoms with Crippen LogP contribution >= 0.6 is 0 Å². The van der Waals surface area contributed by atoms with E-state index >= 15 is 0 Å². The molecule has 34 heavy (non-hydrogen) atoms. The quantitative estimate of drug-likeness (QED) is 0.539. The van der Waals surface area contributed by atoms with Gasteiger partial charge in [0.15, 0.2) is 23.1 Å². The van der Waals surface area contributed by atoms with Crippen molar-refractivity contribution in [3.8, 4) is 17.1 Å². The summed E-state index contributed by atoms with van der Waals surface area (Å²) in [4.78, 5) is 33.3. The molecule has 1 aromatic carbocycles. The fourth-order valence-electron chi connectivity index (χ4n) is 3.97. The van der Waals surface area contributed by atoms with Gasteiger partial charge in [0.05, 0.1) is 24.0 Å². The Kier molecular flexibility index (Phi) is 4.62. The molecule has 1 saturated carbocycles. The summed E-state index contributed by atoms with van der Waals surface area (Å²) >= 11 is 0. The Balaban J connectivity index is 1.53. The Morgan fingerprint density at radius 1 is 1.24 bits per heavy atom. The van der Waals surface area contributed by atoms with Gasteiger partial charge in [0.25, 0.3) is 5.91 Å². The fraction of sp³-hybridized carbons (Fsp3) is 0.364. The van der Waals surface area contributed by atoms with E-state index in [0.29, 0.717) is 35.9 Å². The number of hydrogen-bond acceptors (Lipinski definition) is 8. The molecular formula is C22H25N9O3. The number of carbonyl (C=O) groups excluding carboxylic acids is 2. The first kappa shape index (κ1) is 18.2. The van der Waals surface area contributed by atoms with Crippen LogP contribution in [0.1, 0.15) is 27.4 Å². The van der Waals surface area contributed by atoms with Crippen LogP contribution in [0.25, 0.3) is 11.4 Å². The highest BCUT2D eigenvalue weighted by atomic mass is 16.5. The predicted octanol–water partition coefficient (Wildman–Crippen LogP) is 1.79. The molecule has 2 fully saturated rings. The van der Waals surface area contributed by atoms with Gasteiger partial charge in [-0.15, -0.1) is 10.2 Å². The van der Waals surface area contributed by atoms with Gasteiger partial charge in [-0.25, -0.2) is 9.78 Å². The zero-order valence-corrected chi connectivity index (χ0v) is 18.6. The molecule has 176 valence electrons. The van der Waals surface area contributed by atoms with Crippen molar-refractivity contribution < 1.29 is 18.4 Å². The zero-order chi connectivity index (χ0) is 26.3. The molecule has 2 aromatic heterocycles. The number of rotatable bonds is 7. The molecule has 3 aromatic rings. The number of nitrogens with one attached hydrogen (secondary N) is 2. The summed E-state index contributed by atoms with van der Waals surface area (Å²) in [7, 11) is 3.23. The minimum absolute atomic E-state index is 0.147. The lowest BCUT2D eigenvalue weighted by molar-refractivity contribution is 0.0958. The first-order valence-electron chi connectivity index (χ1n) is 12.2. The molecule has 12 nitrogen and oxygen atoms in total. The molecule has 0 atom stereocenters. The molecule has 0 bridgehead atoms. The van der Waals surface area contributed by atoms with Crippen LogP contribution in [-0.2, 0) is 7.05 Å². The second-order valence-corrected chi connectivity index (χ2v) is 8.03. The van der Waals surface area contributed by atoms with Crippen LogP contribution in [0.4, 0.5) is 22.0 Å². The maximum absolute atomic E-state index is 12.9. The van der Waals surface area contributed by atoms with Gasteiger partial charge < -0.3 is 20.3 Å². The van der Waals surface area contributed by atoms with E-state index in [2.05, 4.69) is 25.6 Å². The number of benzene rings is 1. The minimum Gasteiger partial charge on any atom is -0.494 e. The first-order valence-corrected chi connectivity index (χ1v) is 10.7. The van der Waals surface area contributed by atoms with Crippen molar-refractivity contribution in [1.82, 2.24) is 35.2 Å². The molecule has 0 unspecified atom stereocenters. The number of para-hydroxylation sites is 1. The average Bonchev–Trinajstić information content (AvgIpc) is 3.47. The van der Waals surface area contributed by atoms with Gasteiger partial charge in [-0.05, 0) is 25.0 Å². The standard InChI is InChI=1S/C22H25N9O3/c1-23-21(32)18-16(11-17(26-27-18)31-10-9-30(22(31)33)13-7-8-13)25-15-6-4-5-14(19(15)34-3)20-24-12-29(2)28-20/h4-6,11-13H,7-10H2,1-3H3,(H,23,32)(H,25,26)/i1D3. The van der Waals surface area contributed by atoms with E-state index in [1.807, 2.05) is 5.32 Å². The number of amides is 3. The number of nitrogens with zero attached hydrogens (tertiary/aromatic N) is 7. The Hall–Kier alpha value is -4.22. The van der Waals surface area contributed by atoms with Gasteiger partial charge in [-0.3, -0.25) is 14.4 Å². The number of methoxy groups -OCH3 is 1. The van der Waals surface area contributed by atoms with Crippen LogP contribution in [0.5, 0.6) is 5.75 Å². The summed E-state index contributed by atoms with van der Waals surface area (Å²) in [6.45, 7) is -1.73. The lowest BCUT2D eigenvalue weighted by Crippen LogP contribution is -2.34. The third-order valence-electron chi connectivity index (χ3n) is 5.74. The minimum atomic E-state index is -2.73. The molecule has 1 aliphatic heterocycles. The maximum Gasteiger partial charge on any atom is 0.326 e. The monoisotopic (exact) mass is 466 g/mol. The van der Waals surface area contributed by atoms with E-state index in [1.54, 1.807) is 41.2 Å². The normalized spacial score (nSPS) is 17.2. The number of ether oxygens (including phenoxy) is 1. The topological polar surface area (TPSA) is 130 Å². The van der Waals surface area contributed by atoms with Crippen LogP contribution in [0, 0.1) is 0 Å². The molecule has 2 N–H and O–H groups in total. The highest BCUT2D eigenvalue weighted by Gasteiger charge is 2.40. The summed E-state index contributed by atoms with van der Waals surface area (Å²) < 4.78 is 29.4. The molecule has 5 rings (SSSR count). The molecule has 12 heteroatoms. The van der Waals surface area contributed by atoms with E-state index < -0.39 is 12.9 Å². The van der Waals surface area contributed by atoms with Crippen LogP contribution in [-0.4, -0.2) is 75.0 Å². The van der Waals surface area contributed by atoms with Crippen LogP contribution in [0.2, 0.25) is 0 Å². The van der Waals surface area contributed by atoms with E-state index in [9.17, 15) is 9.59 Å². The summed E-state index contributed by atoms with van der Waals surface area (Å²) in [6.07, 6.45) is 3.52. The van der Waals surface area contributed by atoms with Crippen LogP contribution < -0.4 is 20.3 Å². The van der Waals surface area contributed by atoms with E-state index in [0.717, 1.165) is 12.8 Å². The molecule has 0 spiro atoms. The van der Waals surface area contributed by atoms with Gasteiger partial charge in [0.1, 0.15) is 6.33 Å². The van der Waals surface area contributed by atoms with Crippen LogP contribution in [0.15, 0.2) is 30.6 Å². The maximum atomic E-state index is 12.9. The van der Waals surface area contributed by atoms with E-state index in [1.165, 1.54) is 18.1 Å². The van der Waals surface area contributed by atoms with E-state index in [-0.39, 0.29) is 29.3 Å². The summed E-state index contributed by atoms with van der Waals surface area (Å²) in [6, 6.07) is 6.83. The summed E-state index contributed by atoms with van der Waals surface area (Å²) in [5.74, 6) is 0.115. The number of hydrogen-bond donors (Lipinski definition) is 2. The molecule has 1 saturated heterocycles. The van der Waals surface area contributed by atoms with Crippen molar-refractivity contribution in [1.29, 1.82) is 0 Å². The Labute approximate surface area is 200 Å². The van der Waals surface area contributed by atoms with Crippen molar-refractivity contribution in [3.05, 3.63) is 36.3 Å². The lowest BCUT2D eigenvalue weighted by Gasteiger charge is -2.19. The van der Waals surface area contributed by atoms with Gasteiger partial charge >= 0.3 is 6.03 Å². The molecule has 3 heterocycles. The lowest BCUT2D eigenvalue weighted by atomic mass is 10.1. The second kappa shape index (κ2) is 8.61. The first-order chi connectivity index (χ1) is 17.6. The Morgan fingerprint density at radius 3 is 2.79 bits per heavy atom. The molecule has 3 amide bonds. The zero-order valence-electron chi connectivity index (χ0n) is 21.6. The number of aromatic nitrogens is 5. The number of urea groups is 1. The van der Waals surface area contributed by atoms with Gasteiger partial charge in [0, 0.05) is 43.3 Å².